The van der Waals surface area contributed by atoms with Gasteiger partial charge in [-0.05, 0) is 48.4 Å². The number of benzene rings is 1. The monoisotopic (exact) mass is 331 g/mol. The van der Waals surface area contributed by atoms with Gasteiger partial charge in [0.2, 0.25) is 0 Å². The van der Waals surface area contributed by atoms with Crippen LogP contribution >= 0.6 is 0 Å². The molecule has 1 atom stereocenters. The van der Waals surface area contributed by atoms with Gasteiger partial charge in [-0.1, -0.05) is 13.8 Å². The third-order valence-electron chi connectivity index (χ3n) is 5.65. The molecule has 1 aromatic carbocycles. The summed E-state index contributed by atoms with van der Waals surface area (Å²) < 4.78 is 11.0. The molecule has 0 amide bonds. The summed E-state index contributed by atoms with van der Waals surface area (Å²) in [5.74, 6) is 2.56. The van der Waals surface area contributed by atoms with Crippen molar-refractivity contribution in [1.29, 1.82) is 0 Å². The molecule has 2 heterocycles. The molecule has 0 spiro atoms. The van der Waals surface area contributed by atoms with Gasteiger partial charge in [-0.2, -0.15) is 0 Å². The van der Waals surface area contributed by atoms with E-state index >= 15 is 0 Å². The summed E-state index contributed by atoms with van der Waals surface area (Å²) in [6, 6.07) is 4.24. The first-order valence-corrected chi connectivity index (χ1v) is 9.02. The van der Waals surface area contributed by atoms with Gasteiger partial charge in [0.25, 0.3) is 0 Å². The zero-order valence-electron chi connectivity index (χ0n) is 15.4. The van der Waals surface area contributed by atoms with Crippen LogP contribution in [0.5, 0.6) is 11.5 Å². The smallest absolute Gasteiger partial charge is 0.161 e. The highest BCUT2D eigenvalue weighted by atomic mass is 16.5. The number of methoxy groups -OCH3 is 2. The third kappa shape index (κ3) is 2.92. The van der Waals surface area contributed by atoms with Crippen molar-refractivity contribution in [3.63, 3.8) is 0 Å². The van der Waals surface area contributed by atoms with E-state index in [1.165, 1.54) is 11.1 Å². The van der Waals surface area contributed by atoms with E-state index < -0.39 is 0 Å². The van der Waals surface area contributed by atoms with E-state index in [2.05, 4.69) is 30.9 Å². The first-order valence-electron chi connectivity index (χ1n) is 9.02. The Morgan fingerprint density at radius 1 is 1.12 bits per heavy atom. The summed E-state index contributed by atoms with van der Waals surface area (Å²) in [4.78, 5) is 14.9. The molecule has 0 N–H and O–H groups in total. The Morgan fingerprint density at radius 2 is 1.79 bits per heavy atom. The van der Waals surface area contributed by atoms with E-state index in [4.69, 9.17) is 9.47 Å². The number of rotatable bonds is 5. The molecule has 2 aliphatic heterocycles. The topological polar surface area (TPSA) is 38.8 Å². The van der Waals surface area contributed by atoms with E-state index in [1.807, 2.05) is 0 Å². The molecule has 0 radical (unpaired) electrons. The van der Waals surface area contributed by atoms with Gasteiger partial charge in [0.05, 0.1) is 19.8 Å². The van der Waals surface area contributed by atoms with Crippen LogP contribution in [0.15, 0.2) is 12.1 Å². The van der Waals surface area contributed by atoms with Crippen molar-refractivity contribution in [1.82, 2.24) is 4.90 Å². The predicted octanol–water partition coefficient (Wildman–Crippen LogP) is 3.56. The van der Waals surface area contributed by atoms with Crippen LogP contribution in [0.1, 0.15) is 50.7 Å². The number of ether oxygens (including phenoxy) is 2. The highest BCUT2D eigenvalue weighted by Gasteiger charge is 2.46. The second kappa shape index (κ2) is 6.75. The molecule has 24 heavy (non-hydrogen) atoms. The minimum atomic E-state index is -0.160. The molecule has 0 saturated carbocycles. The maximum Gasteiger partial charge on any atom is 0.161 e. The SMILES string of the molecule is COc1cc2c(cc1OC)C1(CCC(C)C)CC(=O)CCN1CC2. The van der Waals surface area contributed by atoms with Gasteiger partial charge in [0.1, 0.15) is 5.78 Å². The van der Waals surface area contributed by atoms with Crippen molar-refractivity contribution < 1.29 is 14.3 Å². The molecule has 1 saturated heterocycles. The van der Waals surface area contributed by atoms with Crippen LogP contribution in [-0.2, 0) is 16.8 Å². The number of piperidine rings is 1. The number of carbonyl (C=O) groups excluding carboxylic acids is 1. The third-order valence-corrected chi connectivity index (χ3v) is 5.65. The molecule has 1 unspecified atom stereocenters. The molecule has 0 aromatic heterocycles. The highest BCUT2D eigenvalue weighted by molar-refractivity contribution is 5.81. The molecule has 4 heteroatoms. The van der Waals surface area contributed by atoms with Crippen molar-refractivity contribution in [3.05, 3.63) is 23.3 Å². The number of nitrogens with zero attached hydrogens (tertiary/aromatic N) is 1. The van der Waals surface area contributed by atoms with Gasteiger partial charge in [-0.15, -0.1) is 0 Å². The Hall–Kier alpha value is -1.55. The average Bonchev–Trinajstić information content (AvgIpc) is 2.58. The van der Waals surface area contributed by atoms with Gasteiger partial charge in [0.15, 0.2) is 11.5 Å². The van der Waals surface area contributed by atoms with Crippen LogP contribution in [-0.4, -0.2) is 38.0 Å². The lowest BCUT2D eigenvalue weighted by Crippen LogP contribution is -2.55. The normalized spacial score (nSPS) is 23.8. The predicted molar refractivity (Wildman–Crippen MR) is 94.8 cm³/mol. The van der Waals surface area contributed by atoms with Crippen molar-refractivity contribution in [3.8, 4) is 11.5 Å². The fourth-order valence-corrected chi connectivity index (χ4v) is 4.32. The lowest BCUT2D eigenvalue weighted by atomic mass is 9.71. The quantitative estimate of drug-likeness (QED) is 0.827. The fourth-order valence-electron chi connectivity index (χ4n) is 4.32. The van der Waals surface area contributed by atoms with Crippen LogP contribution < -0.4 is 9.47 Å². The Labute approximate surface area is 145 Å². The van der Waals surface area contributed by atoms with Gasteiger partial charge in [0, 0.05) is 25.9 Å². The number of ketones is 1. The first kappa shape index (κ1) is 17.3. The van der Waals surface area contributed by atoms with Crippen LogP contribution in [0.3, 0.4) is 0 Å². The van der Waals surface area contributed by atoms with Gasteiger partial charge >= 0.3 is 0 Å². The number of fused-ring (bicyclic) bond motifs is 3. The molecule has 1 fully saturated rings. The zero-order valence-corrected chi connectivity index (χ0v) is 15.4. The lowest BCUT2D eigenvalue weighted by Gasteiger charge is -2.51. The van der Waals surface area contributed by atoms with E-state index in [0.717, 1.165) is 43.9 Å². The molecule has 132 valence electrons. The second-order valence-corrected chi connectivity index (χ2v) is 7.53. The first-order chi connectivity index (χ1) is 11.5. The Morgan fingerprint density at radius 3 is 2.46 bits per heavy atom. The number of hydrogen-bond donors (Lipinski definition) is 0. The Kier molecular flexibility index (Phi) is 4.86. The molecular formula is C20H29NO3. The van der Waals surface area contributed by atoms with E-state index in [9.17, 15) is 4.79 Å². The summed E-state index contributed by atoms with van der Waals surface area (Å²) in [6.45, 7) is 6.41. The van der Waals surface area contributed by atoms with E-state index in [-0.39, 0.29) is 5.54 Å². The van der Waals surface area contributed by atoms with E-state index in [1.54, 1.807) is 14.2 Å². The summed E-state index contributed by atoms with van der Waals surface area (Å²) in [5.41, 5.74) is 2.43. The van der Waals surface area contributed by atoms with Crippen molar-refractivity contribution in [2.24, 2.45) is 5.92 Å². The molecule has 3 rings (SSSR count). The van der Waals surface area contributed by atoms with Gasteiger partial charge in [-0.3, -0.25) is 9.69 Å². The van der Waals surface area contributed by atoms with Gasteiger partial charge < -0.3 is 9.47 Å². The molecule has 2 aliphatic rings. The largest absolute Gasteiger partial charge is 0.493 e. The maximum atomic E-state index is 12.4. The Balaban J connectivity index is 2.10. The Bertz CT molecular complexity index is 626. The minimum Gasteiger partial charge on any atom is -0.493 e. The summed E-state index contributed by atoms with van der Waals surface area (Å²) in [5, 5.41) is 0. The molecular weight excluding hydrogens is 302 g/mol. The van der Waals surface area contributed by atoms with Crippen LogP contribution in [0.2, 0.25) is 0 Å². The molecule has 0 bridgehead atoms. The maximum absolute atomic E-state index is 12.4. The molecule has 4 nitrogen and oxygen atoms in total. The number of hydrogen-bond acceptors (Lipinski definition) is 4. The van der Waals surface area contributed by atoms with Crippen LogP contribution in [0.4, 0.5) is 0 Å². The number of carbonyl (C=O) groups is 1. The van der Waals surface area contributed by atoms with Crippen molar-refractivity contribution in [2.75, 3.05) is 27.3 Å². The average molecular weight is 331 g/mol. The van der Waals surface area contributed by atoms with Crippen LogP contribution in [0.25, 0.3) is 0 Å². The summed E-state index contributed by atoms with van der Waals surface area (Å²) in [7, 11) is 3.36. The second-order valence-electron chi connectivity index (χ2n) is 7.53. The van der Waals surface area contributed by atoms with E-state index in [0.29, 0.717) is 24.5 Å². The fraction of sp³-hybridized carbons (Fsp3) is 0.650. The number of Topliss-reactive ketones (excluding diaryl/α,β-unsaturated/α-hetero) is 1. The van der Waals surface area contributed by atoms with Gasteiger partial charge in [-0.25, -0.2) is 0 Å². The molecule has 0 aliphatic carbocycles. The van der Waals surface area contributed by atoms with Crippen molar-refractivity contribution in [2.45, 2.75) is 51.5 Å². The van der Waals surface area contributed by atoms with Crippen molar-refractivity contribution >= 4 is 5.78 Å². The highest BCUT2D eigenvalue weighted by Crippen LogP contribution is 2.48. The zero-order chi connectivity index (χ0) is 17.3. The summed E-state index contributed by atoms with van der Waals surface area (Å²) in [6.07, 6.45) is 4.47. The van der Waals surface area contributed by atoms with Crippen LogP contribution in [0, 0.1) is 5.92 Å². The lowest BCUT2D eigenvalue weighted by molar-refractivity contribution is -0.128. The summed E-state index contributed by atoms with van der Waals surface area (Å²) >= 11 is 0. The minimum absolute atomic E-state index is 0.160. The standard InChI is InChI=1S/C20H29NO3/c1-14(2)5-8-20-13-16(22)7-10-21(20)9-6-15-11-18(23-3)19(24-4)12-17(15)20/h11-12,14H,5-10,13H2,1-4H3. The molecule has 1 aromatic rings.